The number of hydrogen-bond acceptors (Lipinski definition) is 5. The summed E-state index contributed by atoms with van der Waals surface area (Å²) in [7, 11) is 0. The van der Waals surface area contributed by atoms with Gasteiger partial charge in [-0.25, -0.2) is 15.8 Å². The molecule has 16 heavy (non-hydrogen) atoms. The van der Waals surface area contributed by atoms with Crippen LogP contribution in [0.5, 0.6) is 0 Å². The fourth-order valence-electron chi connectivity index (χ4n) is 1.21. The first-order chi connectivity index (χ1) is 7.69. The first-order valence-corrected chi connectivity index (χ1v) is 6.69. The van der Waals surface area contributed by atoms with Crippen LogP contribution in [0.2, 0.25) is 0 Å². The summed E-state index contributed by atoms with van der Waals surface area (Å²) in [5, 5.41) is 0.642. The molecule has 1 heterocycles. The molecule has 0 aliphatic heterocycles. The van der Waals surface area contributed by atoms with Gasteiger partial charge in [-0.3, -0.25) is 0 Å². The second-order valence-corrected chi connectivity index (χ2v) is 5.12. The van der Waals surface area contributed by atoms with Crippen molar-refractivity contribution in [2.75, 3.05) is 5.43 Å². The number of hydrazine groups is 1. The number of nitrogen functional groups attached to an aromatic ring is 1. The van der Waals surface area contributed by atoms with E-state index in [1.54, 1.807) is 0 Å². The van der Waals surface area contributed by atoms with Crippen LogP contribution < -0.4 is 11.3 Å². The highest BCUT2D eigenvalue weighted by Gasteiger charge is 2.05. The van der Waals surface area contributed by atoms with Gasteiger partial charge in [0.2, 0.25) is 0 Å². The van der Waals surface area contributed by atoms with Crippen molar-refractivity contribution >= 4 is 17.6 Å². The van der Waals surface area contributed by atoms with Gasteiger partial charge >= 0.3 is 0 Å². The van der Waals surface area contributed by atoms with E-state index >= 15 is 0 Å². The second-order valence-electron chi connectivity index (χ2n) is 3.69. The van der Waals surface area contributed by atoms with Crippen LogP contribution in [0.1, 0.15) is 38.7 Å². The predicted molar refractivity (Wildman–Crippen MR) is 70.3 cm³/mol. The van der Waals surface area contributed by atoms with Crippen LogP contribution in [0.3, 0.4) is 0 Å². The highest BCUT2D eigenvalue weighted by Crippen LogP contribution is 2.18. The van der Waals surface area contributed by atoms with Gasteiger partial charge in [-0.15, -0.1) is 0 Å². The van der Waals surface area contributed by atoms with E-state index in [1.165, 1.54) is 6.42 Å². The van der Waals surface area contributed by atoms with Crippen molar-refractivity contribution in [2.24, 2.45) is 5.84 Å². The quantitative estimate of drug-likeness (QED) is 0.590. The van der Waals surface area contributed by atoms with Crippen LogP contribution in [0.25, 0.3) is 0 Å². The molecule has 0 bridgehead atoms. The standard InChI is InChI=1S/C11H20N4S/c1-4-8(3)16-7-11-13-9(5-2)6-10(14-11)15-12/h6,8H,4-5,7,12H2,1-3H3,(H,13,14,15). The second kappa shape index (κ2) is 6.70. The highest BCUT2D eigenvalue weighted by molar-refractivity contribution is 7.99. The Morgan fingerprint density at radius 1 is 1.44 bits per heavy atom. The van der Waals surface area contributed by atoms with E-state index in [9.17, 15) is 0 Å². The fraction of sp³-hybridized carbons (Fsp3) is 0.636. The average Bonchev–Trinajstić information content (AvgIpc) is 2.35. The number of aryl methyl sites for hydroxylation is 1. The Balaban J connectivity index is 2.71. The minimum absolute atomic E-state index is 0.642. The maximum absolute atomic E-state index is 5.38. The molecule has 0 saturated heterocycles. The zero-order valence-corrected chi connectivity index (χ0v) is 11.0. The van der Waals surface area contributed by atoms with Gasteiger partial charge in [0.05, 0.1) is 5.75 Å². The van der Waals surface area contributed by atoms with Crippen molar-refractivity contribution in [3.05, 3.63) is 17.6 Å². The van der Waals surface area contributed by atoms with E-state index in [0.717, 1.165) is 23.7 Å². The Morgan fingerprint density at radius 3 is 2.75 bits per heavy atom. The molecule has 0 fully saturated rings. The normalized spacial score (nSPS) is 12.5. The van der Waals surface area contributed by atoms with E-state index in [1.807, 2.05) is 17.8 Å². The van der Waals surface area contributed by atoms with Gasteiger partial charge in [-0.2, -0.15) is 11.8 Å². The molecule has 0 amide bonds. The van der Waals surface area contributed by atoms with E-state index in [2.05, 4.69) is 36.2 Å². The van der Waals surface area contributed by atoms with Crippen molar-refractivity contribution in [3.8, 4) is 0 Å². The molecule has 1 rings (SSSR count). The van der Waals surface area contributed by atoms with Crippen LogP contribution in [0.15, 0.2) is 6.07 Å². The summed E-state index contributed by atoms with van der Waals surface area (Å²) in [6.45, 7) is 6.48. The van der Waals surface area contributed by atoms with Crippen molar-refractivity contribution in [2.45, 2.75) is 44.6 Å². The van der Waals surface area contributed by atoms with Gasteiger partial charge in [0.15, 0.2) is 0 Å². The molecule has 4 nitrogen and oxygen atoms in total. The zero-order valence-electron chi connectivity index (χ0n) is 10.2. The molecule has 0 saturated carbocycles. The summed E-state index contributed by atoms with van der Waals surface area (Å²) in [4.78, 5) is 8.82. The summed E-state index contributed by atoms with van der Waals surface area (Å²) >= 11 is 1.87. The predicted octanol–water partition coefficient (Wildman–Crippen LogP) is 2.36. The van der Waals surface area contributed by atoms with Gasteiger partial charge < -0.3 is 5.43 Å². The molecular formula is C11H20N4S. The molecule has 90 valence electrons. The Bertz CT molecular complexity index is 308. The summed E-state index contributed by atoms with van der Waals surface area (Å²) in [6, 6.07) is 1.89. The number of thioether (sulfide) groups is 1. The molecule has 3 N–H and O–H groups in total. The first kappa shape index (κ1) is 13.3. The molecule has 1 atom stereocenters. The van der Waals surface area contributed by atoms with Crippen LogP contribution in [0, 0.1) is 0 Å². The van der Waals surface area contributed by atoms with Gasteiger partial charge in [-0.05, 0) is 12.8 Å². The number of nitrogens with two attached hydrogens (primary N) is 1. The third-order valence-corrected chi connectivity index (χ3v) is 3.73. The van der Waals surface area contributed by atoms with Gasteiger partial charge in [0.1, 0.15) is 11.6 Å². The van der Waals surface area contributed by atoms with Crippen molar-refractivity contribution in [1.82, 2.24) is 9.97 Å². The lowest BCUT2D eigenvalue weighted by atomic mass is 10.3. The van der Waals surface area contributed by atoms with Crippen LogP contribution in [0.4, 0.5) is 5.82 Å². The molecule has 1 aromatic heterocycles. The largest absolute Gasteiger partial charge is 0.308 e. The first-order valence-electron chi connectivity index (χ1n) is 5.64. The number of anilines is 1. The van der Waals surface area contributed by atoms with Crippen molar-refractivity contribution < 1.29 is 0 Å². The molecule has 1 unspecified atom stereocenters. The van der Waals surface area contributed by atoms with Crippen LogP contribution in [-0.4, -0.2) is 15.2 Å². The molecule has 1 aromatic rings. The van der Waals surface area contributed by atoms with Crippen molar-refractivity contribution in [3.63, 3.8) is 0 Å². The summed E-state index contributed by atoms with van der Waals surface area (Å²) < 4.78 is 0. The fourth-order valence-corrected chi connectivity index (χ4v) is 2.00. The minimum Gasteiger partial charge on any atom is -0.308 e. The molecule has 0 spiro atoms. The van der Waals surface area contributed by atoms with Crippen LogP contribution in [-0.2, 0) is 12.2 Å². The number of nitrogens with zero attached hydrogens (tertiary/aromatic N) is 2. The smallest absolute Gasteiger partial charge is 0.143 e. The number of hydrogen-bond donors (Lipinski definition) is 2. The number of aromatic nitrogens is 2. The number of rotatable bonds is 6. The maximum atomic E-state index is 5.38. The Kier molecular flexibility index (Phi) is 5.55. The lowest BCUT2D eigenvalue weighted by Crippen LogP contribution is -2.11. The lowest BCUT2D eigenvalue weighted by Gasteiger charge is -2.09. The highest BCUT2D eigenvalue weighted by atomic mass is 32.2. The molecular weight excluding hydrogens is 220 g/mol. The Morgan fingerprint density at radius 2 is 2.19 bits per heavy atom. The lowest BCUT2D eigenvalue weighted by molar-refractivity contribution is 0.895. The molecule has 0 aliphatic rings. The Labute approximate surface area is 101 Å². The molecule has 5 heteroatoms. The van der Waals surface area contributed by atoms with E-state index in [-0.39, 0.29) is 0 Å². The summed E-state index contributed by atoms with van der Waals surface area (Å²) in [6.07, 6.45) is 2.07. The van der Waals surface area contributed by atoms with Gasteiger partial charge in [0, 0.05) is 17.0 Å². The SMILES string of the molecule is CCc1cc(NN)nc(CSC(C)CC)n1. The third kappa shape index (κ3) is 3.98. The third-order valence-electron chi connectivity index (χ3n) is 2.41. The monoisotopic (exact) mass is 240 g/mol. The van der Waals surface area contributed by atoms with E-state index < -0.39 is 0 Å². The summed E-state index contributed by atoms with van der Waals surface area (Å²) in [5.74, 6) is 7.78. The van der Waals surface area contributed by atoms with Crippen LogP contribution >= 0.6 is 11.8 Å². The van der Waals surface area contributed by atoms with E-state index in [0.29, 0.717) is 11.1 Å². The molecule has 0 aliphatic carbocycles. The topological polar surface area (TPSA) is 63.8 Å². The minimum atomic E-state index is 0.642. The Hall–Kier alpha value is -0.810. The van der Waals surface area contributed by atoms with Gasteiger partial charge in [0.25, 0.3) is 0 Å². The zero-order chi connectivity index (χ0) is 12.0. The molecule has 0 aromatic carbocycles. The number of nitrogens with one attached hydrogen (secondary N) is 1. The van der Waals surface area contributed by atoms with E-state index in [4.69, 9.17) is 5.84 Å². The summed E-state index contributed by atoms with van der Waals surface area (Å²) in [5.41, 5.74) is 3.61. The van der Waals surface area contributed by atoms with Gasteiger partial charge in [-0.1, -0.05) is 20.8 Å². The maximum Gasteiger partial charge on any atom is 0.143 e. The molecule has 0 radical (unpaired) electrons. The average molecular weight is 240 g/mol. The van der Waals surface area contributed by atoms with Crippen molar-refractivity contribution in [1.29, 1.82) is 0 Å².